The number of nitrogen functional groups attached to an aromatic ring is 1. The molecule has 4 nitrogen and oxygen atoms in total. The average molecular weight is 293 g/mol. The Morgan fingerprint density at radius 3 is 2.43 bits per heavy atom. The van der Waals surface area contributed by atoms with Crippen LogP contribution >= 0.6 is 0 Å². The second-order valence-electron chi connectivity index (χ2n) is 7.36. The van der Waals surface area contributed by atoms with Crippen LogP contribution in [0.3, 0.4) is 0 Å². The molecular formula is C17H31N3O. The van der Waals surface area contributed by atoms with Crippen molar-refractivity contribution in [3.8, 4) is 5.88 Å². The smallest absolute Gasteiger partial charge is 0.236 e. The van der Waals surface area contributed by atoms with Gasteiger partial charge in [0.2, 0.25) is 5.88 Å². The molecular weight excluding hydrogens is 262 g/mol. The molecule has 2 N–H and O–H groups in total. The van der Waals surface area contributed by atoms with Gasteiger partial charge in [0.1, 0.15) is 11.8 Å². The zero-order chi connectivity index (χ0) is 15.7. The third kappa shape index (κ3) is 3.35. The molecule has 0 amide bonds. The van der Waals surface area contributed by atoms with Gasteiger partial charge >= 0.3 is 0 Å². The quantitative estimate of drug-likeness (QED) is 0.914. The molecule has 120 valence electrons. The molecule has 0 bridgehead atoms. The molecule has 1 fully saturated rings. The fourth-order valence-corrected chi connectivity index (χ4v) is 3.50. The molecule has 1 aliphatic carbocycles. The highest BCUT2D eigenvalue weighted by Gasteiger charge is 2.33. The number of rotatable bonds is 4. The molecule has 0 aromatic carbocycles. The normalized spacial score (nSPS) is 26.6. The van der Waals surface area contributed by atoms with Crippen LogP contribution in [0.4, 0.5) is 5.69 Å². The second-order valence-corrected chi connectivity index (χ2v) is 7.36. The van der Waals surface area contributed by atoms with Crippen molar-refractivity contribution in [3.05, 3.63) is 5.69 Å². The Kier molecular flexibility index (Phi) is 4.84. The van der Waals surface area contributed by atoms with Gasteiger partial charge in [-0.15, -0.1) is 0 Å². The van der Waals surface area contributed by atoms with Gasteiger partial charge in [0.15, 0.2) is 0 Å². The van der Waals surface area contributed by atoms with Crippen molar-refractivity contribution in [1.29, 1.82) is 0 Å². The van der Waals surface area contributed by atoms with Crippen LogP contribution in [0.5, 0.6) is 5.88 Å². The van der Waals surface area contributed by atoms with Crippen molar-refractivity contribution in [3.63, 3.8) is 0 Å². The molecule has 0 aliphatic heterocycles. The lowest BCUT2D eigenvalue weighted by atomic mass is 9.75. The largest absolute Gasteiger partial charge is 0.473 e. The van der Waals surface area contributed by atoms with Gasteiger partial charge in [0, 0.05) is 7.05 Å². The summed E-state index contributed by atoms with van der Waals surface area (Å²) in [6, 6.07) is 0. The van der Waals surface area contributed by atoms with Crippen LogP contribution in [0, 0.1) is 17.8 Å². The maximum Gasteiger partial charge on any atom is 0.236 e. The topological polar surface area (TPSA) is 53.1 Å². The summed E-state index contributed by atoms with van der Waals surface area (Å²) < 4.78 is 8.17. The molecule has 3 atom stereocenters. The lowest BCUT2D eigenvalue weighted by molar-refractivity contribution is 0.0401. The number of nitrogens with zero attached hydrogens (tertiary/aromatic N) is 2. The Morgan fingerprint density at radius 1 is 1.24 bits per heavy atom. The van der Waals surface area contributed by atoms with E-state index >= 15 is 0 Å². The van der Waals surface area contributed by atoms with E-state index in [0.29, 0.717) is 23.4 Å². The van der Waals surface area contributed by atoms with Gasteiger partial charge in [-0.1, -0.05) is 41.0 Å². The monoisotopic (exact) mass is 293 g/mol. The zero-order valence-corrected chi connectivity index (χ0v) is 14.4. The number of hydrogen-bond acceptors (Lipinski definition) is 3. The lowest BCUT2D eigenvalue weighted by Gasteiger charge is -2.37. The first-order chi connectivity index (χ1) is 9.81. The first kappa shape index (κ1) is 16.2. The molecule has 2 rings (SSSR count). The van der Waals surface area contributed by atoms with Gasteiger partial charge < -0.3 is 10.5 Å². The summed E-state index contributed by atoms with van der Waals surface area (Å²) >= 11 is 0. The van der Waals surface area contributed by atoms with Crippen molar-refractivity contribution >= 4 is 5.69 Å². The van der Waals surface area contributed by atoms with E-state index in [1.54, 1.807) is 4.68 Å². The van der Waals surface area contributed by atoms with Crippen LogP contribution in [-0.4, -0.2) is 15.9 Å². The summed E-state index contributed by atoms with van der Waals surface area (Å²) in [6.45, 7) is 11.1. The summed E-state index contributed by atoms with van der Waals surface area (Å²) in [5.74, 6) is 3.05. The molecule has 4 heteroatoms. The minimum Gasteiger partial charge on any atom is -0.473 e. The van der Waals surface area contributed by atoms with E-state index in [9.17, 15) is 0 Å². The van der Waals surface area contributed by atoms with E-state index in [0.717, 1.165) is 23.9 Å². The molecule has 0 saturated heterocycles. The number of ether oxygens (including phenoxy) is 1. The predicted octanol–water partition coefficient (Wildman–Crippen LogP) is 3.97. The molecule has 1 saturated carbocycles. The molecule has 1 aromatic rings. The van der Waals surface area contributed by atoms with Crippen LogP contribution < -0.4 is 10.5 Å². The van der Waals surface area contributed by atoms with Gasteiger partial charge in [0.05, 0.1) is 5.69 Å². The van der Waals surface area contributed by atoms with Crippen LogP contribution in [0.2, 0.25) is 0 Å². The Labute approximate surface area is 129 Å². The highest BCUT2D eigenvalue weighted by Crippen LogP contribution is 2.38. The first-order valence-corrected chi connectivity index (χ1v) is 8.30. The molecule has 0 spiro atoms. The van der Waals surface area contributed by atoms with Gasteiger partial charge in [-0.05, 0) is 36.5 Å². The van der Waals surface area contributed by atoms with E-state index < -0.39 is 0 Å². The number of anilines is 1. The van der Waals surface area contributed by atoms with Gasteiger partial charge in [-0.3, -0.25) is 0 Å². The molecule has 1 heterocycles. The molecule has 3 unspecified atom stereocenters. The summed E-state index contributed by atoms with van der Waals surface area (Å²) in [7, 11) is 1.92. The van der Waals surface area contributed by atoms with Gasteiger partial charge in [0.25, 0.3) is 0 Å². The van der Waals surface area contributed by atoms with Crippen LogP contribution in [-0.2, 0) is 7.05 Å². The van der Waals surface area contributed by atoms with E-state index in [2.05, 4.69) is 39.7 Å². The first-order valence-electron chi connectivity index (χ1n) is 8.30. The third-order valence-corrected chi connectivity index (χ3v) is 4.83. The predicted molar refractivity (Wildman–Crippen MR) is 87.5 cm³/mol. The van der Waals surface area contributed by atoms with Crippen molar-refractivity contribution < 1.29 is 4.74 Å². The molecule has 21 heavy (non-hydrogen) atoms. The molecule has 1 aliphatic rings. The Morgan fingerprint density at radius 2 is 1.90 bits per heavy atom. The highest BCUT2D eigenvalue weighted by atomic mass is 16.5. The van der Waals surface area contributed by atoms with Gasteiger partial charge in [-0.25, -0.2) is 4.68 Å². The van der Waals surface area contributed by atoms with Crippen molar-refractivity contribution in [1.82, 2.24) is 9.78 Å². The zero-order valence-electron chi connectivity index (χ0n) is 14.4. The molecule has 0 radical (unpaired) electrons. The standard InChI is InChI=1S/C17H31N3O/c1-10(2)13-8-7-12(5)9-14(13)21-17-15(18)16(11(3)4)19-20(17)6/h10-14H,7-9,18H2,1-6H3. The third-order valence-electron chi connectivity index (χ3n) is 4.83. The van der Waals surface area contributed by atoms with Crippen molar-refractivity contribution in [2.24, 2.45) is 24.8 Å². The maximum absolute atomic E-state index is 6.37. The Bertz CT molecular complexity index is 479. The Hall–Kier alpha value is -1.19. The van der Waals surface area contributed by atoms with E-state index in [1.807, 2.05) is 7.05 Å². The number of aryl methyl sites for hydroxylation is 1. The lowest BCUT2D eigenvalue weighted by Crippen LogP contribution is -2.37. The average Bonchev–Trinajstić information content (AvgIpc) is 2.66. The summed E-state index contributed by atoms with van der Waals surface area (Å²) in [5, 5.41) is 4.53. The highest BCUT2D eigenvalue weighted by molar-refractivity contribution is 5.54. The summed E-state index contributed by atoms with van der Waals surface area (Å²) in [4.78, 5) is 0. The summed E-state index contributed by atoms with van der Waals surface area (Å²) in [5.41, 5.74) is 7.93. The number of nitrogens with two attached hydrogens (primary N) is 1. The van der Waals surface area contributed by atoms with E-state index in [1.165, 1.54) is 12.8 Å². The van der Waals surface area contributed by atoms with Crippen molar-refractivity contribution in [2.45, 2.75) is 65.9 Å². The van der Waals surface area contributed by atoms with Crippen LogP contribution in [0.1, 0.15) is 65.5 Å². The maximum atomic E-state index is 6.37. The Balaban J connectivity index is 2.23. The number of aromatic nitrogens is 2. The minimum atomic E-state index is 0.256. The van der Waals surface area contributed by atoms with Crippen molar-refractivity contribution in [2.75, 3.05) is 5.73 Å². The van der Waals surface area contributed by atoms with Crippen LogP contribution in [0.25, 0.3) is 0 Å². The molecule has 1 aromatic heterocycles. The van der Waals surface area contributed by atoms with Gasteiger partial charge in [-0.2, -0.15) is 5.10 Å². The minimum absolute atomic E-state index is 0.256. The second kappa shape index (κ2) is 6.29. The summed E-state index contributed by atoms with van der Waals surface area (Å²) in [6.07, 6.45) is 3.93. The van der Waals surface area contributed by atoms with E-state index in [4.69, 9.17) is 10.5 Å². The van der Waals surface area contributed by atoms with Crippen LogP contribution in [0.15, 0.2) is 0 Å². The fraction of sp³-hybridized carbons (Fsp3) is 0.824. The number of hydrogen-bond donors (Lipinski definition) is 1. The fourth-order valence-electron chi connectivity index (χ4n) is 3.50. The SMILES string of the molecule is CC1CCC(C(C)C)C(Oc2c(N)c(C(C)C)nn2C)C1. The van der Waals surface area contributed by atoms with E-state index in [-0.39, 0.29) is 6.10 Å².